The zero-order valence-electron chi connectivity index (χ0n) is 11.4. The van der Waals surface area contributed by atoms with Gasteiger partial charge in [-0.05, 0) is 49.7 Å². The zero-order chi connectivity index (χ0) is 14.1. The van der Waals surface area contributed by atoms with Crippen LogP contribution in [-0.2, 0) is 0 Å². The van der Waals surface area contributed by atoms with Crippen molar-refractivity contribution in [1.29, 1.82) is 0 Å². The van der Waals surface area contributed by atoms with Crippen molar-refractivity contribution in [3.8, 4) is 0 Å². The first-order valence-corrected chi connectivity index (χ1v) is 7.32. The summed E-state index contributed by atoms with van der Waals surface area (Å²) in [5.41, 5.74) is 5.45. The molecule has 20 heavy (non-hydrogen) atoms. The molecule has 1 aromatic heterocycles. The van der Waals surface area contributed by atoms with Crippen molar-refractivity contribution in [1.82, 2.24) is 4.98 Å². The number of hydrogen-bond donors (Lipinski definition) is 1. The zero-order valence-corrected chi connectivity index (χ0v) is 13.0. The van der Waals surface area contributed by atoms with E-state index >= 15 is 0 Å². The number of anilines is 2. The molecule has 0 atom stereocenters. The number of benzene rings is 2. The molecule has 1 N–H and O–H groups in total. The summed E-state index contributed by atoms with van der Waals surface area (Å²) in [4.78, 5) is 4.57. The summed E-state index contributed by atoms with van der Waals surface area (Å²) in [6.07, 6.45) is 0. The molecule has 0 saturated carbocycles. The molecule has 2 nitrogen and oxygen atoms in total. The van der Waals surface area contributed by atoms with Crippen molar-refractivity contribution in [2.45, 2.75) is 13.8 Å². The van der Waals surface area contributed by atoms with Crippen LogP contribution in [0.15, 0.2) is 53.0 Å². The summed E-state index contributed by atoms with van der Waals surface area (Å²) in [6.45, 7) is 4.12. The van der Waals surface area contributed by atoms with Gasteiger partial charge in [-0.15, -0.1) is 0 Å². The molecular formula is C17H15BrN2. The number of aromatic nitrogens is 1. The largest absolute Gasteiger partial charge is 0.355 e. The molecule has 0 spiro atoms. The van der Waals surface area contributed by atoms with Gasteiger partial charge >= 0.3 is 0 Å². The Bertz CT molecular complexity index is 781. The van der Waals surface area contributed by atoms with E-state index in [-0.39, 0.29) is 0 Å². The Morgan fingerprint density at radius 1 is 0.950 bits per heavy atom. The lowest BCUT2D eigenvalue weighted by molar-refractivity contribution is 1.25. The van der Waals surface area contributed by atoms with Crippen LogP contribution in [0.5, 0.6) is 0 Å². The quantitative estimate of drug-likeness (QED) is 0.685. The first-order valence-electron chi connectivity index (χ1n) is 6.53. The summed E-state index contributed by atoms with van der Waals surface area (Å²) >= 11 is 3.50. The average Bonchev–Trinajstić information content (AvgIpc) is 2.41. The van der Waals surface area contributed by atoms with Crippen LogP contribution in [0.1, 0.15) is 11.3 Å². The first-order chi connectivity index (χ1) is 9.63. The van der Waals surface area contributed by atoms with E-state index in [4.69, 9.17) is 0 Å². The van der Waals surface area contributed by atoms with E-state index in [2.05, 4.69) is 57.4 Å². The standard InChI is InChI=1S/C17H15BrN2/c1-11-9-13(18)7-8-15(11)20-17-10-12(2)19-16-6-4-3-5-14(16)17/h3-10H,1-2H3,(H,19,20). The van der Waals surface area contributed by atoms with Gasteiger partial charge in [-0.3, -0.25) is 4.98 Å². The van der Waals surface area contributed by atoms with Gasteiger partial charge < -0.3 is 5.32 Å². The van der Waals surface area contributed by atoms with Crippen LogP contribution in [0.25, 0.3) is 10.9 Å². The van der Waals surface area contributed by atoms with Gasteiger partial charge in [0.1, 0.15) is 0 Å². The van der Waals surface area contributed by atoms with Gasteiger partial charge in [-0.25, -0.2) is 0 Å². The smallest absolute Gasteiger partial charge is 0.0726 e. The van der Waals surface area contributed by atoms with E-state index in [1.54, 1.807) is 0 Å². The van der Waals surface area contributed by atoms with Gasteiger partial charge in [-0.1, -0.05) is 34.1 Å². The molecule has 3 rings (SSSR count). The molecule has 3 heteroatoms. The van der Waals surface area contributed by atoms with Crippen molar-refractivity contribution < 1.29 is 0 Å². The maximum absolute atomic E-state index is 4.57. The number of hydrogen-bond acceptors (Lipinski definition) is 2. The third kappa shape index (κ3) is 2.54. The number of fused-ring (bicyclic) bond motifs is 1. The highest BCUT2D eigenvalue weighted by Crippen LogP contribution is 2.28. The molecule has 0 fully saturated rings. The van der Waals surface area contributed by atoms with Crippen molar-refractivity contribution in [3.05, 3.63) is 64.3 Å². The highest BCUT2D eigenvalue weighted by Gasteiger charge is 2.05. The van der Waals surface area contributed by atoms with E-state index < -0.39 is 0 Å². The Morgan fingerprint density at radius 2 is 1.75 bits per heavy atom. The fraction of sp³-hybridized carbons (Fsp3) is 0.118. The molecule has 0 saturated heterocycles. The lowest BCUT2D eigenvalue weighted by Gasteiger charge is -2.13. The lowest BCUT2D eigenvalue weighted by atomic mass is 10.1. The van der Waals surface area contributed by atoms with Crippen LogP contribution in [0, 0.1) is 13.8 Å². The Kier molecular flexibility index (Phi) is 3.45. The second kappa shape index (κ2) is 5.25. The van der Waals surface area contributed by atoms with Crippen molar-refractivity contribution >= 4 is 38.2 Å². The molecule has 0 radical (unpaired) electrons. The predicted octanol–water partition coefficient (Wildman–Crippen LogP) is 5.36. The molecule has 0 bridgehead atoms. The van der Waals surface area contributed by atoms with Crippen molar-refractivity contribution in [3.63, 3.8) is 0 Å². The van der Waals surface area contributed by atoms with Gasteiger partial charge in [0.15, 0.2) is 0 Å². The number of halogens is 1. The Balaban J connectivity index is 2.10. The maximum atomic E-state index is 4.57. The number of para-hydroxylation sites is 1. The van der Waals surface area contributed by atoms with Crippen LogP contribution in [0.3, 0.4) is 0 Å². The minimum Gasteiger partial charge on any atom is -0.355 e. The average molecular weight is 327 g/mol. The number of rotatable bonds is 2. The summed E-state index contributed by atoms with van der Waals surface area (Å²) in [6, 6.07) is 16.5. The normalized spacial score (nSPS) is 10.8. The lowest BCUT2D eigenvalue weighted by Crippen LogP contribution is -1.96. The molecule has 0 unspecified atom stereocenters. The number of aryl methyl sites for hydroxylation is 2. The Labute approximate surface area is 127 Å². The van der Waals surface area contributed by atoms with Gasteiger partial charge in [-0.2, -0.15) is 0 Å². The molecule has 100 valence electrons. The first kappa shape index (κ1) is 13.1. The minimum atomic E-state index is 1.01. The molecule has 0 aliphatic carbocycles. The summed E-state index contributed by atoms with van der Waals surface area (Å²) in [5, 5.41) is 4.66. The molecule has 3 aromatic rings. The monoisotopic (exact) mass is 326 g/mol. The van der Waals surface area contributed by atoms with Crippen molar-refractivity contribution in [2.75, 3.05) is 5.32 Å². The van der Waals surface area contributed by atoms with E-state index in [1.165, 1.54) is 5.56 Å². The van der Waals surface area contributed by atoms with Gasteiger partial charge in [0, 0.05) is 26.9 Å². The Morgan fingerprint density at radius 3 is 2.55 bits per heavy atom. The fourth-order valence-corrected chi connectivity index (χ4v) is 2.80. The summed E-state index contributed by atoms with van der Waals surface area (Å²) in [7, 11) is 0. The number of pyridine rings is 1. The van der Waals surface area contributed by atoms with Gasteiger partial charge in [0.25, 0.3) is 0 Å². The number of nitrogens with one attached hydrogen (secondary N) is 1. The SMILES string of the molecule is Cc1cc(Nc2ccc(Br)cc2C)c2ccccc2n1. The highest BCUT2D eigenvalue weighted by atomic mass is 79.9. The number of nitrogens with zero attached hydrogens (tertiary/aromatic N) is 1. The molecular weight excluding hydrogens is 312 g/mol. The van der Waals surface area contributed by atoms with E-state index in [0.29, 0.717) is 0 Å². The molecule has 0 amide bonds. The van der Waals surface area contributed by atoms with Crippen LogP contribution in [-0.4, -0.2) is 4.98 Å². The van der Waals surface area contributed by atoms with E-state index in [0.717, 1.165) is 32.4 Å². The van der Waals surface area contributed by atoms with Gasteiger partial charge in [0.2, 0.25) is 0 Å². The predicted molar refractivity (Wildman–Crippen MR) is 88.6 cm³/mol. The minimum absolute atomic E-state index is 1.01. The van der Waals surface area contributed by atoms with E-state index in [9.17, 15) is 0 Å². The molecule has 0 aliphatic heterocycles. The maximum Gasteiger partial charge on any atom is 0.0726 e. The summed E-state index contributed by atoms with van der Waals surface area (Å²) in [5.74, 6) is 0. The molecule has 0 aliphatic rings. The van der Waals surface area contributed by atoms with Gasteiger partial charge in [0.05, 0.1) is 5.52 Å². The van der Waals surface area contributed by atoms with Crippen LogP contribution in [0.2, 0.25) is 0 Å². The topological polar surface area (TPSA) is 24.9 Å². The van der Waals surface area contributed by atoms with Crippen molar-refractivity contribution in [2.24, 2.45) is 0 Å². The highest BCUT2D eigenvalue weighted by molar-refractivity contribution is 9.10. The Hall–Kier alpha value is -1.87. The second-order valence-electron chi connectivity index (χ2n) is 4.91. The summed E-state index contributed by atoms with van der Waals surface area (Å²) < 4.78 is 1.09. The molecule has 1 heterocycles. The van der Waals surface area contributed by atoms with Crippen LogP contribution >= 0.6 is 15.9 Å². The van der Waals surface area contributed by atoms with Crippen LogP contribution in [0.4, 0.5) is 11.4 Å². The second-order valence-corrected chi connectivity index (χ2v) is 5.83. The fourth-order valence-electron chi connectivity index (χ4n) is 2.32. The van der Waals surface area contributed by atoms with E-state index in [1.807, 2.05) is 31.2 Å². The third-order valence-corrected chi connectivity index (χ3v) is 3.80. The molecule has 2 aromatic carbocycles. The third-order valence-electron chi connectivity index (χ3n) is 3.30. The van der Waals surface area contributed by atoms with Crippen LogP contribution < -0.4 is 5.32 Å².